The van der Waals surface area contributed by atoms with Crippen molar-refractivity contribution < 1.29 is 9.21 Å². The molecule has 3 aliphatic rings. The minimum Gasteiger partial charge on any atom is -0.408 e. The van der Waals surface area contributed by atoms with Gasteiger partial charge in [-0.25, -0.2) is 4.79 Å². The maximum Gasteiger partial charge on any atom is 0.417 e. The van der Waals surface area contributed by atoms with Gasteiger partial charge in [-0.1, -0.05) is 0 Å². The van der Waals surface area contributed by atoms with Gasteiger partial charge in [0.05, 0.1) is 5.52 Å². The van der Waals surface area contributed by atoms with Crippen molar-refractivity contribution in [2.24, 2.45) is 29.6 Å². The number of benzene rings is 1. The Balaban J connectivity index is 1.50. The van der Waals surface area contributed by atoms with E-state index < -0.39 is 5.76 Å². The first-order chi connectivity index (χ1) is 9.72. The van der Waals surface area contributed by atoms with E-state index in [0.717, 1.165) is 11.8 Å². The van der Waals surface area contributed by atoms with Crippen molar-refractivity contribution in [1.29, 1.82) is 0 Å². The lowest BCUT2D eigenvalue weighted by Gasteiger charge is -2.07. The molecule has 1 aromatic carbocycles. The van der Waals surface area contributed by atoms with Crippen molar-refractivity contribution >= 4 is 16.9 Å². The van der Waals surface area contributed by atoms with Crippen LogP contribution in [0.1, 0.15) is 29.6 Å². The van der Waals surface area contributed by atoms with E-state index in [1.54, 1.807) is 12.1 Å². The number of ketones is 1. The second kappa shape index (κ2) is 3.43. The van der Waals surface area contributed by atoms with Crippen LogP contribution in [0.2, 0.25) is 0 Å². The molecule has 0 saturated heterocycles. The van der Waals surface area contributed by atoms with Crippen LogP contribution in [-0.4, -0.2) is 10.8 Å². The smallest absolute Gasteiger partial charge is 0.408 e. The standard InChI is InChI=1S/C16H15NO3/c18-15(14-12-7-1-2-8(5-7)13(12)14)9-3-4-10-11(6-9)20-16(19)17-10/h3-4,6-8,12-14H,1-2,5H2,(H,17,19). The molecular formula is C16H15NO3. The van der Waals surface area contributed by atoms with Crippen LogP contribution in [0.25, 0.3) is 11.1 Å². The Hall–Kier alpha value is -1.84. The second-order valence-electron chi connectivity index (χ2n) is 6.60. The van der Waals surface area contributed by atoms with Gasteiger partial charge in [-0.15, -0.1) is 0 Å². The average molecular weight is 269 g/mol. The van der Waals surface area contributed by atoms with Crippen molar-refractivity contribution in [3.8, 4) is 0 Å². The maximum absolute atomic E-state index is 12.7. The third-order valence-electron chi connectivity index (χ3n) is 5.74. The highest BCUT2D eigenvalue weighted by molar-refractivity contribution is 6.02. The van der Waals surface area contributed by atoms with Crippen LogP contribution in [0, 0.1) is 29.6 Å². The van der Waals surface area contributed by atoms with E-state index in [4.69, 9.17) is 4.42 Å². The Labute approximate surface area is 115 Å². The van der Waals surface area contributed by atoms with Gasteiger partial charge in [0.15, 0.2) is 11.4 Å². The Bertz CT molecular complexity index is 770. The number of oxazole rings is 1. The molecular weight excluding hydrogens is 254 g/mol. The van der Waals surface area contributed by atoms with Crippen molar-refractivity contribution in [2.75, 3.05) is 0 Å². The maximum atomic E-state index is 12.7. The number of hydrogen-bond acceptors (Lipinski definition) is 3. The number of fused-ring (bicyclic) bond motifs is 6. The van der Waals surface area contributed by atoms with Crippen molar-refractivity contribution in [3.63, 3.8) is 0 Å². The van der Waals surface area contributed by atoms with Crippen LogP contribution in [-0.2, 0) is 0 Å². The number of nitrogens with one attached hydrogen (secondary N) is 1. The molecule has 3 aliphatic carbocycles. The molecule has 1 aromatic heterocycles. The van der Waals surface area contributed by atoms with Crippen LogP contribution < -0.4 is 5.76 Å². The molecule has 4 nitrogen and oxygen atoms in total. The van der Waals surface area contributed by atoms with E-state index in [9.17, 15) is 9.59 Å². The summed E-state index contributed by atoms with van der Waals surface area (Å²) in [5, 5.41) is 0. The van der Waals surface area contributed by atoms with Gasteiger partial charge in [-0.2, -0.15) is 0 Å². The normalized spacial score (nSPS) is 37.3. The highest BCUT2D eigenvalue weighted by atomic mass is 16.4. The highest BCUT2D eigenvalue weighted by Gasteiger charge is 2.67. The monoisotopic (exact) mass is 269 g/mol. The number of aromatic amines is 1. The van der Waals surface area contributed by atoms with Gasteiger partial charge in [0, 0.05) is 11.5 Å². The number of carbonyl (C=O) groups is 1. The average Bonchev–Trinajstić information content (AvgIpc) is 2.76. The van der Waals surface area contributed by atoms with E-state index >= 15 is 0 Å². The van der Waals surface area contributed by atoms with Gasteiger partial charge < -0.3 is 4.42 Å². The van der Waals surface area contributed by atoms with Gasteiger partial charge in [0.2, 0.25) is 0 Å². The number of H-pyrrole nitrogens is 1. The lowest BCUT2D eigenvalue weighted by atomic mass is 9.96. The van der Waals surface area contributed by atoms with Crippen LogP contribution in [0.3, 0.4) is 0 Å². The third kappa shape index (κ3) is 1.27. The van der Waals surface area contributed by atoms with Crippen LogP contribution in [0.4, 0.5) is 0 Å². The van der Waals surface area contributed by atoms with Gasteiger partial charge in [0.1, 0.15) is 0 Å². The fourth-order valence-electron chi connectivity index (χ4n) is 4.97. The highest BCUT2D eigenvalue weighted by Crippen LogP contribution is 2.69. The van der Waals surface area contributed by atoms with Gasteiger partial charge in [0.25, 0.3) is 0 Å². The molecule has 0 spiro atoms. The summed E-state index contributed by atoms with van der Waals surface area (Å²) >= 11 is 0. The van der Waals surface area contributed by atoms with Crippen molar-refractivity contribution in [3.05, 3.63) is 34.3 Å². The summed E-state index contributed by atoms with van der Waals surface area (Å²) in [4.78, 5) is 26.4. The lowest BCUT2D eigenvalue weighted by molar-refractivity contribution is 0.0944. The van der Waals surface area contributed by atoms with E-state index in [-0.39, 0.29) is 11.7 Å². The molecule has 1 N–H and O–H groups in total. The lowest BCUT2D eigenvalue weighted by Crippen LogP contribution is -2.09. The van der Waals surface area contributed by atoms with Crippen LogP contribution >= 0.6 is 0 Å². The minimum absolute atomic E-state index is 0.240. The molecule has 3 fully saturated rings. The summed E-state index contributed by atoms with van der Waals surface area (Å²) in [5.41, 5.74) is 1.83. The predicted molar refractivity (Wildman–Crippen MR) is 72.5 cm³/mol. The zero-order chi connectivity index (χ0) is 13.4. The fourth-order valence-corrected chi connectivity index (χ4v) is 4.97. The predicted octanol–water partition coefficient (Wildman–Crippen LogP) is 2.60. The molecule has 3 saturated carbocycles. The number of Topliss-reactive ketones (excluding diaryl/α,β-unsaturated/α-hetero) is 1. The Morgan fingerprint density at radius 1 is 1.20 bits per heavy atom. The van der Waals surface area contributed by atoms with E-state index in [2.05, 4.69) is 4.98 Å². The van der Waals surface area contributed by atoms with Crippen LogP contribution in [0.5, 0.6) is 0 Å². The Morgan fingerprint density at radius 3 is 2.70 bits per heavy atom. The Kier molecular flexibility index (Phi) is 1.87. The SMILES string of the molecule is O=C(c1ccc2[nH]c(=O)oc2c1)C1C2C3CCC(C3)C12. The van der Waals surface area contributed by atoms with E-state index in [1.807, 2.05) is 6.07 Å². The summed E-state index contributed by atoms with van der Waals surface area (Å²) < 4.78 is 5.04. The number of rotatable bonds is 2. The number of carbonyl (C=O) groups excluding carboxylic acids is 1. The third-order valence-corrected chi connectivity index (χ3v) is 5.74. The molecule has 20 heavy (non-hydrogen) atoms. The second-order valence-corrected chi connectivity index (χ2v) is 6.60. The largest absolute Gasteiger partial charge is 0.417 e. The van der Waals surface area contributed by atoms with Gasteiger partial charge in [-0.05, 0) is 61.1 Å². The quantitative estimate of drug-likeness (QED) is 0.852. The van der Waals surface area contributed by atoms with Crippen molar-refractivity contribution in [2.45, 2.75) is 19.3 Å². The molecule has 4 atom stereocenters. The zero-order valence-electron chi connectivity index (χ0n) is 11.0. The molecule has 0 radical (unpaired) electrons. The molecule has 0 aliphatic heterocycles. The molecule has 0 amide bonds. The first kappa shape index (κ1) is 10.9. The summed E-state index contributed by atoms with van der Waals surface area (Å²) in [5.74, 6) is 2.92. The Morgan fingerprint density at radius 2 is 1.95 bits per heavy atom. The first-order valence-corrected chi connectivity index (χ1v) is 7.39. The molecule has 5 rings (SSSR count). The topological polar surface area (TPSA) is 63.1 Å². The molecule has 4 unspecified atom stereocenters. The number of hydrogen-bond donors (Lipinski definition) is 1. The molecule has 102 valence electrons. The van der Waals surface area contributed by atoms with Crippen LogP contribution in [0.15, 0.2) is 27.4 Å². The minimum atomic E-state index is -0.467. The summed E-state index contributed by atoms with van der Waals surface area (Å²) in [6.07, 6.45) is 3.99. The van der Waals surface area contributed by atoms with E-state index in [1.165, 1.54) is 19.3 Å². The first-order valence-electron chi connectivity index (χ1n) is 7.39. The van der Waals surface area contributed by atoms with Gasteiger partial charge in [-0.3, -0.25) is 9.78 Å². The van der Waals surface area contributed by atoms with Gasteiger partial charge >= 0.3 is 5.76 Å². The van der Waals surface area contributed by atoms with E-state index in [0.29, 0.717) is 28.5 Å². The summed E-state index contributed by atoms with van der Waals surface area (Å²) in [6.45, 7) is 0. The van der Waals surface area contributed by atoms with Crippen molar-refractivity contribution in [1.82, 2.24) is 4.98 Å². The molecule has 1 heterocycles. The zero-order valence-corrected chi connectivity index (χ0v) is 11.0. The number of aromatic nitrogens is 1. The summed E-state index contributed by atoms with van der Waals surface area (Å²) in [7, 11) is 0. The molecule has 2 aromatic rings. The summed E-state index contributed by atoms with van der Waals surface area (Å²) in [6, 6.07) is 5.29. The molecule has 2 bridgehead atoms. The fraction of sp³-hybridized carbons (Fsp3) is 0.500. The molecule has 4 heteroatoms.